The van der Waals surface area contributed by atoms with Crippen LogP contribution in [0.15, 0.2) is 28.4 Å². The zero-order chi connectivity index (χ0) is 18.9. The number of carbonyl (C=O) groups excluding carboxylic acids is 1. The van der Waals surface area contributed by atoms with E-state index < -0.39 is 0 Å². The summed E-state index contributed by atoms with van der Waals surface area (Å²) in [4.78, 5) is 18.6. The van der Waals surface area contributed by atoms with Crippen LogP contribution in [-0.4, -0.2) is 28.4 Å². The zero-order valence-corrected chi connectivity index (χ0v) is 16.6. The fourth-order valence-electron chi connectivity index (χ4n) is 2.47. The van der Waals surface area contributed by atoms with Crippen molar-refractivity contribution in [1.82, 2.24) is 9.36 Å². The van der Waals surface area contributed by atoms with Crippen LogP contribution in [0.1, 0.15) is 45.9 Å². The van der Waals surface area contributed by atoms with Crippen LogP contribution >= 0.6 is 11.5 Å². The van der Waals surface area contributed by atoms with Gasteiger partial charge in [-0.25, -0.2) is 4.98 Å². The number of unbranched alkanes of at least 4 members (excludes halogenated alkanes) is 1. The minimum Gasteiger partial charge on any atom is -0.372 e. The third kappa shape index (κ3) is 5.59. The van der Waals surface area contributed by atoms with E-state index in [0.29, 0.717) is 28.8 Å². The van der Waals surface area contributed by atoms with Gasteiger partial charge in [0.2, 0.25) is 11.0 Å². The summed E-state index contributed by atoms with van der Waals surface area (Å²) in [7, 11) is 0. The Hall–Kier alpha value is -2.35. The van der Waals surface area contributed by atoms with Gasteiger partial charge in [-0.15, -0.1) is 10.2 Å². The normalized spacial score (nSPS) is 11.1. The van der Waals surface area contributed by atoms with Gasteiger partial charge in [0.15, 0.2) is 0 Å². The maximum absolute atomic E-state index is 12.2. The molecule has 0 spiro atoms. The van der Waals surface area contributed by atoms with E-state index in [-0.39, 0.29) is 5.91 Å². The molecule has 0 saturated heterocycles. The van der Waals surface area contributed by atoms with Crippen molar-refractivity contribution in [3.8, 4) is 0 Å². The van der Waals surface area contributed by atoms with Crippen LogP contribution in [0.5, 0.6) is 0 Å². The Morgan fingerprint density at radius 2 is 2.00 bits per heavy atom. The van der Waals surface area contributed by atoms with Gasteiger partial charge in [-0.2, -0.15) is 4.37 Å². The molecular weight excluding hydrogens is 348 g/mol. The molecule has 0 bridgehead atoms. The summed E-state index contributed by atoms with van der Waals surface area (Å²) in [5, 5.41) is 11.9. The Morgan fingerprint density at radius 1 is 1.23 bits per heavy atom. The monoisotopic (exact) mass is 374 g/mol. The summed E-state index contributed by atoms with van der Waals surface area (Å²) >= 11 is 1.20. The van der Waals surface area contributed by atoms with E-state index in [0.717, 1.165) is 31.6 Å². The molecule has 2 rings (SSSR count). The van der Waals surface area contributed by atoms with Crippen LogP contribution in [0.4, 0.5) is 22.2 Å². The predicted octanol–water partition coefficient (Wildman–Crippen LogP) is 5.24. The maximum atomic E-state index is 12.2. The van der Waals surface area contributed by atoms with Crippen molar-refractivity contribution in [2.24, 2.45) is 10.2 Å². The summed E-state index contributed by atoms with van der Waals surface area (Å²) in [5.41, 5.74) is 2.32. The highest BCUT2D eigenvalue weighted by atomic mass is 32.1. The number of carbonyl (C=O) groups is 1. The third-order valence-corrected chi connectivity index (χ3v) is 4.59. The highest BCUT2D eigenvalue weighted by Gasteiger charge is 2.11. The standard InChI is InChI=1S/C18H26N6OS/c1-5-8-9-17(25)20-16-12-14(24(6-2)7-3)10-11-15(16)21-22-18-19-13(4)23-26-18/h10-12H,5-9H2,1-4H3,(H,20,25). The first kappa shape index (κ1) is 20.0. The fourth-order valence-corrected chi connectivity index (χ4v) is 2.98. The molecule has 1 N–H and O–H groups in total. The van der Waals surface area contributed by atoms with Crippen molar-refractivity contribution < 1.29 is 4.79 Å². The van der Waals surface area contributed by atoms with Gasteiger partial charge in [0.1, 0.15) is 11.5 Å². The molecule has 2 aromatic rings. The molecule has 1 heterocycles. The van der Waals surface area contributed by atoms with Crippen molar-refractivity contribution in [3.63, 3.8) is 0 Å². The summed E-state index contributed by atoms with van der Waals surface area (Å²) in [6, 6.07) is 5.82. The molecule has 8 heteroatoms. The van der Waals surface area contributed by atoms with Gasteiger partial charge in [-0.1, -0.05) is 13.3 Å². The average Bonchev–Trinajstić information content (AvgIpc) is 3.05. The highest BCUT2D eigenvalue weighted by Crippen LogP contribution is 2.32. The van der Waals surface area contributed by atoms with E-state index >= 15 is 0 Å². The molecule has 0 aliphatic heterocycles. The maximum Gasteiger partial charge on any atom is 0.249 e. The van der Waals surface area contributed by atoms with Crippen LogP contribution in [0.2, 0.25) is 0 Å². The van der Waals surface area contributed by atoms with Crippen molar-refractivity contribution in [1.29, 1.82) is 0 Å². The Kier molecular flexibility index (Phi) is 7.65. The van der Waals surface area contributed by atoms with Crippen LogP contribution in [0.3, 0.4) is 0 Å². The predicted molar refractivity (Wildman–Crippen MR) is 107 cm³/mol. The molecule has 0 atom stereocenters. The molecule has 1 aromatic carbocycles. The van der Waals surface area contributed by atoms with E-state index in [9.17, 15) is 4.79 Å². The number of aryl methyl sites for hydroxylation is 1. The lowest BCUT2D eigenvalue weighted by Crippen LogP contribution is -2.22. The topological polar surface area (TPSA) is 82.8 Å². The molecule has 140 valence electrons. The number of aromatic nitrogens is 2. The minimum atomic E-state index is -0.00763. The zero-order valence-electron chi connectivity index (χ0n) is 15.8. The Morgan fingerprint density at radius 3 is 2.62 bits per heavy atom. The minimum absolute atomic E-state index is 0.00763. The van der Waals surface area contributed by atoms with E-state index in [1.165, 1.54) is 11.5 Å². The van der Waals surface area contributed by atoms with Crippen LogP contribution in [0.25, 0.3) is 0 Å². The lowest BCUT2D eigenvalue weighted by molar-refractivity contribution is -0.116. The number of amides is 1. The molecule has 0 radical (unpaired) electrons. The lowest BCUT2D eigenvalue weighted by Gasteiger charge is -2.22. The van der Waals surface area contributed by atoms with Gasteiger partial charge >= 0.3 is 0 Å². The van der Waals surface area contributed by atoms with Gasteiger partial charge in [0.05, 0.1) is 5.69 Å². The van der Waals surface area contributed by atoms with Crippen LogP contribution in [-0.2, 0) is 4.79 Å². The molecule has 0 aliphatic rings. The first-order valence-electron chi connectivity index (χ1n) is 8.98. The van der Waals surface area contributed by atoms with Crippen molar-refractivity contribution >= 4 is 39.6 Å². The Balaban J connectivity index is 2.29. The summed E-state index contributed by atoms with van der Waals surface area (Å²) < 4.78 is 4.09. The van der Waals surface area contributed by atoms with Crippen molar-refractivity contribution in [2.75, 3.05) is 23.3 Å². The lowest BCUT2D eigenvalue weighted by atomic mass is 10.2. The average molecular weight is 375 g/mol. The first-order valence-corrected chi connectivity index (χ1v) is 9.75. The molecule has 1 aromatic heterocycles. The van der Waals surface area contributed by atoms with Crippen molar-refractivity contribution in [3.05, 3.63) is 24.0 Å². The SMILES string of the molecule is CCCCC(=O)Nc1cc(N(CC)CC)ccc1N=Nc1nc(C)ns1. The van der Waals surface area contributed by atoms with E-state index in [4.69, 9.17) is 0 Å². The quantitative estimate of drug-likeness (QED) is 0.609. The molecule has 7 nitrogen and oxygen atoms in total. The number of hydrogen-bond donors (Lipinski definition) is 1. The molecule has 1 amide bonds. The number of anilines is 2. The summed E-state index contributed by atoms with van der Waals surface area (Å²) in [6.45, 7) is 9.88. The molecule has 0 unspecified atom stereocenters. The van der Waals surface area contributed by atoms with E-state index in [1.54, 1.807) is 0 Å². The largest absolute Gasteiger partial charge is 0.372 e. The number of rotatable bonds is 9. The van der Waals surface area contributed by atoms with E-state index in [1.807, 2.05) is 25.1 Å². The second-order valence-corrected chi connectivity index (χ2v) is 6.58. The second-order valence-electron chi connectivity index (χ2n) is 5.85. The second kappa shape index (κ2) is 9.96. The number of azo groups is 1. The smallest absolute Gasteiger partial charge is 0.249 e. The Labute approximate surface area is 158 Å². The molecule has 0 fully saturated rings. The Bertz CT molecular complexity index is 754. The van der Waals surface area contributed by atoms with Gasteiger partial charge < -0.3 is 10.2 Å². The van der Waals surface area contributed by atoms with Gasteiger partial charge in [0, 0.05) is 36.7 Å². The third-order valence-electron chi connectivity index (χ3n) is 3.90. The molecule has 26 heavy (non-hydrogen) atoms. The van der Waals surface area contributed by atoms with Gasteiger partial charge in [-0.3, -0.25) is 4.79 Å². The fraction of sp³-hybridized carbons (Fsp3) is 0.500. The van der Waals surface area contributed by atoms with Crippen LogP contribution < -0.4 is 10.2 Å². The van der Waals surface area contributed by atoms with Crippen LogP contribution in [0, 0.1) is 6.92 Å². The number of hydrogen-bond acceptors (Lipinski definition) is 7. The number of nitrogens with zero attached hydrogens (tertiary/aromatic N) is 5. The number of nitrogens with one attached hydrogen (secondary N) is 1. The summed E-state index contributed by atoms with van der Waals surface area (Å²) in [6.07, 6.45) is 2.34. The molecule has 0 saturated carbocycles. The first-order chi connectivity index (χ1) is 12.6. The van der Waals surface area contributed by atoms with E-state index in [2.05, 4.69) is 50.6 Å². The van der Waals surface area contributed by atoms with Gasteiger partial charge in [0.25, 0.3) is 0 Å². The molecular formula is C18H26N6OS. The van der Waals surface area contributed by atoms with Gasteiger partial charge in [-0.05, 0) is 45.4 Å². The number of benzene rings is 1. The molecule has 0 aliphatic carbocycles. The summed E-state index contributed by atoms with van der Waals surface area (Å²) in [5.74, 6) is 0.667. The highest BCUT2D eigenvalue weighted by molar-refractivity contribution is 7.09. The van der Waals surface area contributed by atoms with Crippen molar-refractivity contribution in [2.45, 2.75) is 47.0 Å².